The third kappa shape index (κ3) is 4.27. The number of rotatable bonds is 4. The third-order valence-electron chi connectivity index (χ3n) is 2.47. The van der Waals surface area contributed by atoms with Crippen molar-refractivity contribution in [3.05, 3.63) is 0 Å². The SMILES string of the molecule is NC(=O)N1CCCC(C(=O)NOCC(=O)O)C1. The number of primary amides is 1. The molecular formula is C9H15N3O5. The van der Waals surface area contributed by atoms with E-state index >= 15 is 0 Å². The first-order chi connectivity index (χ1) is 8.00. The number of carboxylic acid groups (broad SMARTS) is 1. The summed E-state index contributed by atoms with van der Waals surface area (Å²) in [4.78, 5) is 38.5. The molecule has 17 heavy (non-hydrogen) atoms. The maximum Gasteiger partial charge on any atom is 0.332 e. The van der Waals surface area contributed by atoms with E-state index in [1.54, 1.807) is 0 Å². The first kappa shape index (κ1) is 13.2. The smallest absolute Gasteiger partial charge is 0.332 e. The number of hydrogen-bond acceptors (Lipinski definition) is 4. The second-order valence-electron chi connectivity index (χ2n) is 3.77. The number of urea groups is 1. The van der Waals surface area contributed by atoms with Crippen molar-refractivity contribution < 1.29 is 24.3 Å². The average Bonchev–Trinajstić information content (AvgIpc) is 2.28. The highest BCUT2D eigenvalue weighted by atomic mass is 16.7. The summed E-state index contributed by atoms with van der Waals surface area (Å²) >= 11 is 0. The zero-order valence-corrected chi connectivity index (χ0v) is 9.22. The van der Waals surface area contributed by atoms with Crippen molar-refractivity contribution in [2.45, 2.75) is 12.8 Å². The second-order valence-corrected chi connectivity index (χ2v) is 3.77. The maximum atomic E-state index is 11.5. The molecule has 0 bridgehead atoms. The number of aliphatic carboxylic acids is 1. The maximum absolute atomic E-state index is 11.5. The molecule has 0 aromatic rings. The molecule has 1 aliphatic rings. The number of nitrogens with zero attached hydrogens (tertiary/aromatic N) is 1. The average molecular weight is 245 g/mol. The first-order valence-electron chi connectivity index (χ1n) is 5.18. The van der Waals surface area contributed by atoms with E-state index in [1.165, 1.54) is 4.90 Å². The highest BCUT2D eigenvalue weighted by molar-refractivity contribution is 5.79. The van der Waals surface area contributed by atoms with Crippen LogP contribution in [0.4, 0.5) is 4.79 Å². The van der Waals surface area contributed by atoms with E-state index in [9.17, 15) is 14.4 Å². The number of nitrogens with one attached hydrogen (secondary N) is 1. The number of hydrogen-bond donors (Lipinski definition) is 3. The van der Waals surface area contributed by atoms with Crippen LogP contribution in [0.1, 0.15) is 12.8 Å². The van der Waals surface area contributed by atoms with E-state index in [2.05, 4.69) is 4.84 Å². The molecule has 0 aromatic carbocycles. The van der Waals surface area contributed by atoms with Crippen LogP contribution in [0.3, 0.4) is 0 Å². The lowest BCUT2D eigenvalue weighted by atomic mass is 9.98. The summed E-state index contributed by atoms with van der Waals surface area (Å²) in [7, 11) is 0. The van der Waals surface area contributed by atoms with Gasteiger partial charge in [0.05, 0.1) is 5.92 Å². The van der Waals surface area contributed by atoms with Crippen LogP contribution in [-0.2, 0) is 14.4 Å². The number of carbonyl (C=O) groups excluding carboxylic acids is 2. The van der Waals surface area contributed by atoms with E-state index in [1.807, 2.05) is 5.48 Å². The second kappa shape index (κ2) is 6.04. The Bertz CT molecular complexity index is 320. The summed E-state index contributed by atoms with van der Waals surface area (Å²) in [5.74, 6) is -2.02. The van der Waals surface area contributed by atoms with Crippen LogP contribution in [0, 0.1) is 5.92 Å². The fourth-order valence-electron chi connectivity index (χ4n) is 1.64. The Labute approximate surface area is 97.6 Å². The predicted octanol–water partition coefficient (Wildman–Crippen LogP) is -1.09. The van der Waals surface area contributed by atoms with E-state index in [-0.39, 0.29) is 6.54 Å². The molecule has 0 aromatic heterocycles. The van der Waals surface area contributed by atoms with Gasteiger partial charge < -0.3 is 15.7 Å². The van der Waals surface area contributed by atoms with Gasteiger partial charge in [-0.25, -0.2) is 15.1 Å². The Morgan fingerprint density at radius 3 is 2.76 bits per heavy atom. The van der Waals surface area contributed by atoms with E-state index < -0.39 is 30.4 Å². The number of nitrogens with two attached hydrogens (primary N) is 1. The molecule has 0 radical (unpaired) electrons. The van der Waals surface area contributed by atoms with Gasteiger partial charge in [-0.05, 0) is 12.8 Å². The van der Waals surface area contributed by atoms with Crippen LogP contribution in [0.2, 0.25) is 0 Å². The van der Waals surface area contributed by atoms with E-state index in [0.717, 1.165) is 0 Å². The lowest BCUT2D eigenvalue weighted by Crippen LogP contribution is -2.47. The number of amides is 3. The monoisotopic (exact) mass is 245 g/mol. The Balaban J connectivity index is 2.35. The van der Waals surface area contributed by atoms with E-state index in [4.69, 9.17) is 10.8 Å². The van der Waals surface area contributed by atoms with Crippen LogP contribution in [0.5, 0.6) is 0 Å². The van der Waals surface area contributed by atoms with Crippen molar-refractivity contribution >= 4 is 17.9 Å². The quantitative estimate of drug-likeness (QED) is 0.543. The molecule has 0 aliphatic carbocycles. The van der Waals surface area contributed by atoms with Crippen LogP contribution >= 0.6 is 0 Å². The highest BCUT2D eigenvalue weighted by Crippen LogP contribution is 2.16. The van der Waals surface area contributed by atoms with Crippen LogP contribution < -0.4 is 11.2 Å². The molecule has 1 aliphatic heterocycles. The van der Waals surface area contributed by atoms with Crippen LogP contribution in [-0.4, -0.2) is 47.6 Å². The Kier molecular flexibility index (Phi) is 4.70. The van der Waals surface area contributed by atoms with Gasteiger partial charge in [0.15, 0.2) is 6.61 Å². The standard InChI is InChI=1S/C9H15N3O5/c10-9(16)12-3-1-2-6(4-12)8(15)11-17-5-7(13)14/h6H,1-5H2,(H2,10,16)(H,11,15)(H,13,14). The van der Waals surface area contributed by atoms with Gasteiger partial charge in [-0.2, -0.15) is 0 Å². The van der Waals surface area contributed by atoms with Gasteiger partial charge in [0.1, 0.15) is 0 Å². The summed E-state index contributed by atoms with van der Waals surface area (Å²) < 4.78 is 0. The molecule has 0 saturated carbocycles. The number of piperidine rings is 1. The molecule has 1 atom stereocenters. The van der Waals surface area contributed by atoms with E-state index in [0.29, 0.717) is 19.4 Å². The normalized spacial score (nSPS) is 19.8. The van der Waals surface area contributed by atoms with Gasteiger partial charge in [0.2, 0.25) is 5.91 Å². The molecule has 8 nitrogen and oxygen atoms in total. The predicted molar refractivity (Wildman–Crippen MR) is 55.6 cm³/mol. The topological polar surface area (TPSA) is 122 Å². The minimum absolute atomic E-state index is 0.234. The molecule has 1 rings (SSSR count). The molecule has 1 heterocycles. The van der Waals surface area contributed by atoms with Crippen LogP contribution in [0.15, 0.2) is 0 Å². The molecular weight excluding hydrogens is 230 g/mol. The zero-order valence-electron chi connectivity index (χ0n) is 9.22. The van der Waals surface area contributed by atoms with Crippen molar-refractivity contribution in [1.82, 2.24) is 10.4 Å². The highest BCUT2D eigenvalue weighted by Gasteiger charge is 2.27. The molecule has 1 saturated heterocycles. The van der Waals surface area contributed by atoms with Crippen molar-refractivity contribution in [2.75, 3.05) is 19.7 Å². The summed E-state index contributed by atoms with van der Waals surface area (Å²) in [5.41, 5.74) is 7.16. The third-order valence-corrected chi connectivity index (χ3v) is 2.47. The lowest BCUT2D eigenvalue weighted by molar-refractivity contribution is -0.151. The van der Waals surface area contributed by atoms with Gasteiger partial charge in [-0.15, -0.1) is 0 Å². The molecule has 1 unspecified atom stereocenters. The fraction of sp³-hybridized carbons (Fsp3) is 0.667. The number of carboxylic acids is 1. The Hall–Kier alpha value is -1.83. The zero-order chi connectivity index (χ0) is 12.8. The van der Waals surface area contributed by atoms with Crippen LogP contribution in [0.25, 0.3) is 0 Å². The summed E-state index contributed by atoms with van der Waals surface area (Å²) in [6.45, 7) is 0.171. The Morgan fingerprint density at radius 1 is 1.47 bits per heavy atom. The molecule has 1 fully saturated rings. The van der Waals surface area contributed by atoms with Crippen molar-refractivity contribution in [1.29, 1.82) is 0 Å². The molecule has 96 valence electrons. The molecule has 0 spiro atoms. The first-order valence-corrected chi connectivity index (χ1v) is 5.18. The van der Waals surface area contributed by atoms with Crippen molar-refractivity contribution in [2.24, 2.45) is 11.7 Å². The van der Waals surface area contributed by atoms with Crippen molar-refractivity contribution in [3.8, 4) is 0 Å². The van der Waals surface area contributed by atoms with Gasteiger partial charge in [0, 0.05) is 13.1 Å². The summed E-state index contributed by atoms with van der Waals surface area (Å²) in [6.07, 6.45) is 1.30. The number of carbonyl (C=O) groups is 3. The Morgan fingerprint density at radius 2 is 2.18 bits per heavy atom. The minimum Gasteiger partial charge on any atom is -0.479 e. The van der Waals surface area contributed by atoms with Gasteiger partial charge in [0.25, 0.3) is 0 Å². The van der Waals surface area contributed by atoms with Gasteiger partial charge in [-0.1, -0.05) is 0 Å². The van der Waals surface area contributed by atoms with Gasteiger partial charge >= 0.3 is 12.0 Å². The number of likely N-dealkylation sites (tertiary alicyclic amines) is 1. The van der Waals surface area contributed by atoms with Crippen molar-refractivity contribution in [3.63, 3.8) is 0 Å². The number of hydroxylamine groups is 1. The molecule has 3 amide bonds. The minimum atomic E-state index is -1.17. The summed E-state index contributed by atoms with van der Waals surface area (Å²) in [6, 6.07) is -0.561. The van der Waals surface area contributed by atoms with Gasteiger partial charge in [-0.3, -0.25) is 9.63 Å². The largest absolute Gasteiger partial charge is 0.479 e. The summed E-state index contributed by atoms with van der Waals surface area (Å²) in [5, 5.41) is 8.31. The fourth-order valence-corrected chi connectivity index (χ4v) is 1.64. The molecule has 8 heteroatoms. The lowest BCUT2D eigenvalue weighted by Gasteiger charge is -2.30. The molecule has 4 N–H and O–H groups in total.